The molecule has 0 spiro atoms. The molecule has 0 aromatic heterocycles. The highest BCUT2D eigenvalue weighted by Gasteiger charge is 2.14. The molecule has 0 saturated heterocycles. The summed E-state index contributed by atoms with van der Waals surface area (Å²) in [5, 5.41) is 9.04. The van der Waals surface area contributed by atoms with Crippen molar-refractivity contribution in [3.05, 3.63) is 60.3 Å². The van der Waals surface area contributed by atoms with Gasteiger partial charge in [-0.15, -0.1) is 0 Å². The average molecular weight is 251 g/mol. The molecule has 96 valence electrons. The lowest BCUT2D eigenvalue weighted by molar-refractivity contribution is 0.290. The van der Waals surface area contributed by atoms with Crippen molar-refractivity contribution < 1.29 is 5.11 Å². The van der Waals surface area contributed by atoms with E-state index in [0.29, 0.717) is 0 Å². The van der Waals surface area contributed by atoms with Gasteiger partial charge in [-0.05, 0) is 29.7 Å². The quantitative estimate of drug-likeness (QED) is 0.902. The molecule has 1 aliphatic heterocycles. The molecule has 1 N–H and O–H groups in total. The van der Waals surface area contributed by atoms with Gasteiger partial charge in [0.15, 0.2) is 0 Å². The van der Waals surface area contributed by atoms with Crippen molar-refractivity contribution in [2.24, 2.45) is 0 Å². The van der Waals surface area contributed by atoms with Gasteiger partial charge in [0, 0.05) is 30.6 Å². The third-order valence-electron chi connectivity index (χ3n) is 3.46. The predicted octanol–water partition coefficient (Wildman–Crippen LogP) is 3.53. The van der Waals surface area contributed by atoms with Crippen LogP contribution in [-0.2, 0) is 0 Å². The van der Waals surface area contributed by atoms with Crippen LogP contribution in [0.25, 0.3) is 17.2 Å². The fraction of sp³-hybridized carbons (Fsp3) is 0.176. The van der Waals surface area contributed by atoms with E-state index in [1.807, 2.05) is 0 Å². The Balaban J connectivity index is 2.12. The van der Waals surface area contributed by atoms with Crippen molar-refractivity contribution in [3.8, 4) is 11.1 Å². The number of aliphatic hydroxyl groups is 1. The molecule has 0 atom stereocenters. The molecular formula is C17H17NO. The van der Waals surface area contributed by atoms with Crippen LogP contribution in [0.2, 0.25) is 0 Å². The first-order chi connectivity index (χ1) is 9.40. The Morgan fingerprint density at radius 1 is 0.895 bits per heavy atom. The summed E-state index contributed by atoms with van der Waals surface area (Å²) in [4.78, 5) is 2.21. The van der Waals surface area contributed by atoms with E-state index >= 15 is 0 Å². The molecular weight excluding hydrogens is 234 g/mol. The zero-order chi connectivity index (χ0) is 13.1. The van der Waals surface area contributed by atoms with Gasteiger partial charge >= 0.3 is 0 Å². The van der Waals surface area contributed by atoms with Crippen molar-refractivity contribution in [3.63, 3.8) is 0 Å². The van der Waals surface area contributed by atoms with Gasteiger partial charge in [-0.1, -0.05) is 42.5 Å². The van der Waals surface area contributed by atoms with E-state index in [1.165, 1.54) is 22.4 Å². The van der Waals surface area contributed by atoms with Crippen LogP contribution < -0.4 is 4.90 Å². The number of hydrogen-bond donors (Lipinski definition) is 1. The Labute approximate surface area is 113 Å². The van der Waals surface area contributed by atoms with Gasteiger partial charge in [0.25, 0.3) is 0 Å². The van der Waals surface area contributed by atoms with Crippen LogP contribution >= 0.6 is 0 Å². The zero-order valence-corrected chi connectivity index (χ0v) is 10.8. The van der Waals surface area contributed by atoms with Crippen LogP contribution in [0.15, 0.2) is 54.7 Å². The van der Waals surface area contributed by atoms with E-state index < -0.39 is 0 Å². The first-order valence-electron chi connectivity index (χ1n) is 6.64. The molecule has 3 rings (SSSR count). The van der Waals surface area contributed by atoms with E-state index in [4.69, 9.17) is 5.11 Å². The van der Waals surface area contributed by atoms with Crippen molar-refractivity contribution in [1.82, 2.24) is 0 Å². The van der Waals surface area contributed by atoms with Crippen molar-refractivity contribution in [2.75, 3.05) is 18.1 Å². The van der Waals surface area contributed by atoms with Gasteiger partial charge in [0.2, 0.25) is 0 Å². The van der Waals surface area contributed by atoms with Crippen molar-refractivity contribution >= 4 is 11.8 Å². The van der Waals surface area contributed by atoms with E-state index in [0.717, 1.165) is 13.0 Å². The minimum atomic E-state index is 0.222. The molecule has 19 heavy (non-hydrogen) atoms. The molecule has 2 aromatic rings. The zero-order valence-electron chi connectivity index (χ0n) is 10.8. The van der Waals surface area contributed by atoms with Crippen LogP contribution in [0.4, 0.5) is 5.69 Å². The molecule has 2 nitrogen and oxygen atoms in total. The molecule has 0 fully saturated rings. The normalized spacial score (nSPS) is 12.8. The Morgan fingerprint density at radius 2 is 1.63 bits per heavy atom. The maximum Gasteiger partial charge on any atom is 0.0486 e. The first kappa shape index (κ1) is 12.0. The fourth-order valence-electron chi connectivity index (χ4n) is 2.53. The van der Waals surface area contributed by atoms with Crippen molar-refractivity contribution in [2.45, 2.75) is 6.42 Å². The largest absolute Gasteiger partial charge is 0.396 e. The smallest absolute Gasteiger partial charge is 0.0486 e. The first-order valence-corrected chi connectivity index (χ1v) is 6.64. The monoisotopic (exact) mass is 251 g/mol. The topological polar surface area (TPSA) is 23.5 Å². The highest BCUT2D eigenvalue weighted by Crippen LogP contribution is 2.36. The molecule has 0 saturated carbocycles. The van der Waals surface area contributed by atoms with Gasteiger partial charge in [-0.3, -0.25) is 0 Å². The minimum absolute atomic E-state index is 0.222. The van der Waals surface area contributed by atoms with E-state index in [-0.39, 0.29) is 6.61 Å². The SMILES string of the molecule is OCCCN1C=Cc2ccccc2-c2ccccc21. The van der Waals surface area contributed by atoms with Gasteiger partial charge in [-0.25, -0.2) is 0 Å². The summed E-state index contributed by atoms with van der Waals surface area (Å²) in [6, 6.07) is 16.9. The molecule has 1 aliphatic rings. The lowest BCUT2D eigenvalue weighted by Crippen LogP contribution is -2.18. The molecule has 2 aromatic carbocycles. The molecule has 1 heterocycles. The average Bonchev–Trinajstić information content (AvgIpc) is 2.63. The Kier molecular flexibility index (Phi) is 3.34. The highest BCUT2D eigenvalue weighted by molar-refractivity contribution is 5.87. The number of para-hydroxylation sites is 1. The lowest BCUT2D eigenvalue weighted by Gasteiger charge is -2.21. The van der Waals surface area contributed by atoms with E-state index in [9.17, 15) is 0 Å². The maximum atomic E-state index is 9.04. The molecule has 2 heteroatoms. The van der Waals surface area contributed by atoms with Crippen LogP contribution in [-0.4, -0.2) is 18.3 Å². The lowest BCUT2D eigenvalue weighted by atomic mass is 9.99. The summed E-state index contributed by atoms with van der Waals surface area (Å²) in [5.41, 5.74) is 4.96. The molecule has 0 amide bonds. The summed E-state index contributed by atoms with van der Waals surface area (Å²) >= 11 is 0. The second-order valence-corrected chi connectivity index (χ2v) is 4.69. The van der Waals surface area contributed by atoms with Crippen LogP contribution in [0.3, 0.4) is 0 Å². The molecule has 0 bridgehead atoms. The van der Waals surface area contributed by atoms with Gasteiger partial charge in [0.1, 0.15) is 0 Å². The summed E-state index contributed by atoms with van der Waals surface area (Å²) in [6.45, 7) is 1.05. The number of rotatable bonds is 3. The summed E-state index contributed by atoms with van der Waals surface area (Å²) in [7, 11) is 0. The van der Waals surface area contributed by atoms with Crippen molar-refractivity contribution in [1.29, 1.82) is 0 Å². The predicted molar refractivity (Wildman–Crippen MR) is 80.0 cm³/mol. The van der Waals surface area contributed by atoms with Crippen LogP contribution in [0.5, 0.6) is 0 Å². The molecule has 0 radical (unpaired) electrons. The Morgan fingerprint density at radius 3 is 2.47 bits per heavy atom. The standard InChI is InChI=1S/C17H17NO/c19-13-5-11-18-12-10-14-6-1-2-7-15(14)16-8-3-4-9-17(16)18/h1-4,6-10,12,19H,5,11,13H2. The minimum Gasteiger partial charge on any atom is -0.396 e. The fourth-order valence-corrected chi connectivity index (χ4v) is 2.53. The third kappa shape index (κ3) is 2.27. The van der Waals surface area contributed by atoms with E-state index in [2.05, 4.69) is 65.7 Å². The Bertz CT molecular complexity index is 604. The van der Waals surface area contributed by atoms with Crippen LogP contribution in [0, 0.1) is 0 Å². The second kappa shape index (κ2) is 5.29. The van der Waals surface area contributed by atoms with Gasteiger partial charge in [-0.2, -0.15) is 0 Å². The maximum absolute atomic E-state index is 9.04. The summed E-state index contributed by atoms with van der Waals surface area (Å²) < 4.78 is 0. The number of nitrogens with zero attached hydrogens (tertiary/aromatic N) is 1. The number of anilines is 1. The molecule has 0 aliphatic carbocycles. The number of hydrogen-bond acceptors (Lipinski definition) is 2. The second-order valence-electron chi connectivity index (χ2n) is 4.69. The van der Waals surface area contributed by atoms with E-state index in [1.54, 1.807) is 0 Å². The third-order valence-corrected chi connectivity index (χ3v) is 3.46. The summed E-state index contributed by atoms with van der Waals surface area (Å²) in [5.74, 6) is 0. The Hall–Kier alpha value is -2.06. The highest BCUT2D eigenvalue weighted by atomic mass is 16.3. The molecule has 0 unspecified atom stereocenters. The number of aliphatic hydroxyl groups excluding tert-OH is 1. The van der Waals surface area contributed by atoms with Crippen LogP contribution in [0.1, 0.15) is 12.0 Å². The van der Waals surface area contributed by atoms with Gasteiger partial charge in [0.05, 0.1) is 0 Å². The summed E-state index contributed by atoms with van der Waals surface area (Å²) in [6.07, 6.45) is 5.03. The number of fused-ring (bicyclic) bond motifs is 3. The number of benzene rings is 2. The van der Waals surface area contributed by atoms with Gasteiger partial charge < -0.3 is 10.0 Å².